The van der Waals surface area contributed by atoms with Gasteiger partial charge in [0.05, 0.1) is 11.8 Å². The maximum atomic E-state index is 11.9. The first-order valence-electron chi connectivity index (χ1n) is 6.45. The average Bonchev–Trinajstić information content (AvgIpc) is 2.96. The Morgan fingerprint density at radius 2 is 1.82 bits per heavy atom. The second kappa shape index (κ2) is 4.09. The third-order valence-electron chi connectivity index (χ3n) is 3.82. The largest absolute Gasteiger partial charge is 0.312 e. The van der Waals surface area contributed by atoms with Crippen molar-refractivity contribution in [3.63, 3.8) is 0 Å². The molecule has 2 rings (SSSR count). The zero-order chi connectivity index (χ0) is 12.8. The fourth-order valence-electron chi connectivity index (χ4n) is 2.50. The number of hydrogen-bond acceptors (Lipinski definition) is 3. The molecule has 2 aliphatic rings. The second-order valence-corrected chi connectivity index (χ2v) is 6.21. The highest BCUT2D eigenvalue weighted by molar-refractivity contribution is 6.08. The highest BCUT2D eigenvalue weighted by Gasteiger charge is 2.59. The van der Waals surface area contributed by atoms with Crippen LogP contribution in [0.3, 0.4) is 0 Å². The van der Waals surface area contributed by atoms with E-state index in [2.05, 4.69) is 26.1 Å². The van der Waals surface area contributed by atoms with E-state index >= 15 is 0 Å². The maximum Gasteiger partial charge on any atom is 0.233 e. The van der Waals surface area contributed by atoms with Gasteiger partial charge in [0, 0.05) is 12.6 Å². The number of rotatable bonds is 4. The zero-order valence-electron chi connectivity index (χ0n) is 11.1. The third kappa shape index (κ3) is 2.23. The molecule has 0 aromatic rings. The number of likely N-dealkylation sites (tertiary alicyclic amines) is 1. The summed E-state index contributed by atoms with van der Waals surface area (Å²) < 4.78 is 0. The van der Waals surface area contributed by atoms with E-state index < -0.39 is 0 Å². The lowest BCUT2D eigenvalue weighted by Crippen LogP contribution is -2.50. The molecule has 2 fully saturated rings. The molecule has 2 amide bonds. The number of hydrogen-bond donors (Lipinski definition) is 1. The fourth-order valence-corrected chi connectivity index (χ4v) is 2.50. The highest BCUT2D eigenvalue weighted by Crippen LogP contribution is 2.47. The summed E-state index contributed by atoms with van der Waals surface area (Å²) in [6.45, 7) is 9.81. The van der Waals surface area contributed by atoms with E-state index in [-0.39, 0.29) is 35.1 Å². The molecule has 1 N–H and O–H groups in total. The predicted molar refractivity (Wildman–Crippen MR) is 65.2 cm³/mol. The summed E-state index contributed by atoms with van der Waals surface area (Å²) >= 11 is 0. The first-order valence-corrected chi connectivity index (χ1v) is 6.45. The quantitative estimate of drug-likeness (QED) is 0.744. The maximum absolute atomic E-state index is 11.9. The van der Waals surface area contributed by atoms with E-state index in [9.17, 15) is 9.59 Å². The minimum Gasteiger partial charge on any atom is -0.312 e. The molecule has 0 aromatic heterocycles. The molecule has 4 nitrogen and oxygen atoms in total. The lowest BCUT2D eigenvalue weighted by atomic mass is 9.86. The van der Waals surface area contributed by atoms with Gasteiger partial charge in [0.1, 0.15) is 0 Å². The lowest BCUT2D eigenvalue weighted by molar-refractivity contribution is -0.142. The number of imide groups is 1. The molecule has 0 spiro atoms. The number of carbonyl (C=O) groups is 2. The van der Waals surface area contributed by atoms with Crippen LogP contribution in [-0.2, 0) is 9.59 Å². The van der Waals surface area contributed by atoms with Gasteiger partial charge in [-0.1, -0.05) is 27.7 Å². The smallest absolute Gasteiger partial charge is 0.233 e. The van der Waals surface area contributed by atoms with Crippen molar-refractivity contribution in [2.24, 2.45) is 17.3 Å². The Morgan fingerprint density at radius 1 is 1.29 bits per heavy atom. The fraction of sp³-hybridized carbons (Fsp3) is 0.846. The summed E-state index contributed by atoms with van der Waals surface area (Å²) in [6, 6.07) is 0.165. The molecule has 1 saturated heterocycles. The van der Waals surface area contributed by atoms with Gasteiger partial charge in [-0.05, 0) is 18.4 Å². The van der Waals surface area contributed by atoms with Gasteiger partial charge in [-0.15, -0.1) is 0 Å². The van der Waals surface area contributed by atoms with Crippen LogP contribution in [0.25, 0.3) is 0 Å². The molecule has 1 saturated carbocycles. The summed E-state index contributed by atoms with van der Waals surface area (Å²) in [7, 11) is 0. The van der Waals surface area contributed by atoms with Crippen LogP contribution in [0.1, 0.15) is 34.1 Å². The summed E-state index contributed by atoms with van der Waals surface area (Å²) in [5.41, 5.74) is 0.0450. The Balaban J connectivity index is 2.03. The van der Waals surface area contributed by atoms with Crippen LogP contribution in [0, 0.1) is 17.3 Å². The number of nitrogens with zero attached hydrogens (tertiary/aromatic N) is 1. The summed E-state index contributed by atoms with van der Waals surface area (Å²) in [5.74, 6) is 0.133. The minimum atomic E-state index is 0.0183. The standard InChI is InChI=1S/C13H22N2O2/c1-5-14-10(13(2,3)4)7-15-11(16)8-6-9(8)12(15)17/h8-10,14H,5-7H2,1-4H3. The first-order chi connectivity index (χ1) is 7.86. The van der Waals surface area contributed by atoms with Gasteiger partial charge in [-0.3, -0.25) is 14.5 Å². The van der Waals surface area contributed by atoms with Crippen molar-refractivity contribution >= 4 is 11.8 Å². The number of fused-ring (bicyclic) bond motifs is 1. The van der Waals surface area contributed by atoms with Gasteiger partial charge in [0.15, 0.2) is 0 Å². The summed E-state index contributed by atoms with van der Waals surface area (Å²) in [5, 5.41) is 3.37. The van der Waals surface area contributed by atoms with E-state index in [4.69, 9.17) is 0 Å². The minimum absolute atomic E-state index is 0.0183. The molecule has 0 aromatic carbocycles. The molecule has 0 radical (unpaired) electrons. The van der Waals surface area contributed by atoms with Gasteiger partial charge in [-0.25, -0.2) is 0 Å². The monoisotopic (exact) mass is 238 g/mol. The van der Waals surface area contributed by atoms with E-state index in [1.807, 2.05) is 6.92 Å². The van der Waals surface area contributed by atoms with Crippen LogP contribution >= 0.6 is 0 Å². The van der Waals surface area contributed by atoms with Gasteiger partial charge in [0.2, 0.25) is 11.8 Å². The molecular weight excluding hydrogens is 216 g/mol. The van der Waals surface area contributed by atoms with Crippen LogP contribution in [0.4, 0.5) is 0 Å². The van der Waals surface area contributed by atoms with Crippen LogP contribution < -0.4 is 5.32 Å². The number of carbonyl (C=O) groups excluding carboxylic acids is 2. The number of piperidine rings is 1. The van der Waals surface area contributed by atoms with Crippen LogP contribution in [-0.4, -0.2) is 35.8 Å². The summed E-state index contributed by atoms with van der Waals surface area (Å²) in [6.07, 6.45) is 0.787. The average molecular weight is 238 g/mol. The lowest BCUT2D eigenvalue weighted by Gasteiger charge is -2.34. The molecule has 1 aliphatic carbocycles. The molecule has 4 heteroatoms. The Kier molecular flexibility index (Phi) is 3.02. The van der Waals surface area contributed by atoms with E-state index in [0.29, 0.717) is 6.54 Å². The van der Waals surface area contributed by atoms with Gasteiger partial charge in [0.25, 0.3) is 0 Å². The van der Waals surface area contributed by atoms with Crippen molar-refractivity contribution in [3.8, 4) is 0 Å². The Hall–Kier alpha value is -0.900. The Bertz CT molecular complexity index is 326. The Morgan fingerprint density at radius 3 is 2.24 bits per heavy atom. The van der Waals surface area contributed by atoms with Crippen LogP contribution in [0.2, 0.25) is 0 Å². The highest BCUT2D eigenvalue weighted by atomic mass is 16.2. The normalized spacial score (nSPS) is 29.5. The van der Waals surface area contributed by atoms with Gasteiger partial charge in [-0.2, -0.15) is 0 Å². The predicted octanol–water partition coefficient (Wildman–Crippen LogP) is 1.02. The van der Waals surface area contributed by atoms with Crippen molar-refractivity contribution in [3.05, 3.63) is 0 Å². The molecule has 3 atom stereocenters. The summed E-state index contributed by atoms with van der Waals surface area (Å²) in [4.78, 5) is 25.3. The second-order valence-electron chi connectivity index (χ2n) is 6.21. The molecule has 17 heavy (non-hydrogen) atoms. The molecule has 3 unspecified atom stereocenters. The Labute approximate surface area is 103 Å². The SMILES string of the molecule is CCNC(CN1C(=O)C2CC2C1=O)C(C)(C)C. The molecular formula is C13H22N2O2. The van der Waals surface area contributed by atoms with Crippen molar-refractivity contribution in [2.45, 2.75) is 40.2 Å². The zero-order valence-corrected chi connectivity index (χ0v) is 11.1. The molecule has 0 bridgehead atoms. The van der Waals surface area contributed by atoms with Gasteiger partial charge >= 0.3 is 0 Å². The van der Waals surface area contributed by atoms with Crippen molar-refractivity contribution in [1.82, 2.24) is 10.2 Å². The van der Waals surface area contributed by atoms with E-state index in [0.717, 1.165) is 13.0 Å². The molecule has 96 valence electrons. The van der Waals surface area contributed by atoms with Crippen molar-refractivity contribution in [1.29, 1.82) is 0 Å². The number of nitrogens with one attached hydrogen (secondary N) is 1. The molecule has 1 heterocycles. The number of likely N-dealkylation sites (N-methyl/N-ethyl adjacent to an activating group) is 1. The third-order valence-corrected chi connectivity index (χ3v) is 3.82. The van der Waals surface area contributed by atoms with E-state index in [1.165, 1.54) is 4.90 Å². The van der Waals surface area contributed by atoms with Crippen molar-refractivity contribution in [2.75, 3.05) is 13.1 Å². The first kappa shape index (κ1) is 12.6. The topological polar surface area (TPSA) is 49.4 Å². The van der Waals surface area contributed by atoms with E-state index in [1.54, 1.807) is 0 Å². The number of amides is 2. The molecule has 1 aliphatic heterocycles. The van der Waals surface area contributed by atoms with Gasteiger partial charge < -0.3 is 5.32 Å². The van der Waals surface area contributed by atoms with Crippen LogP contribution in [0.5, 0.6) is 0 Å². The van der Waals surface area contributed by atoms with Crippen molar-refractivity contribution < 1.29 is 9.59 Å². The van der Waals surface area contributed by atoms with Crippen LogP contribution in [0.15, 0.2) is 0 Å².